The second-order valence-corrected chi connectivity index (χ2v) is 20.0. The molecular weight excluding hydrogens is 1090 g/mol. The van der Waals surface area contributed by atoms with E-state index >= 15 is 0 Å². The second-order valence-electron chi connectivity index (χ2n) is 20.0. The van der Waals surface area contributed by atoms with E-state index in [1.165, 1.54) is 0 Å². The lowest BCUT2D eigenvalue weighted by Crippen LogP contribution is -2.53. The first-order valence-corrected chi connectivity index (χ1v) is 28.6. The molecule has 6 amide bonds. The Morgan fingerprint density at radius 1 is 0.482 bits per heavy atom. The van der Waals surface area contributed by atoms with Gasteiger partial charge in [0.2, 0.25) is 30.0 Å². The van der Waals surface area contributed by atoms with Gasteiger partial charge in [-0.2, -0.15) is 0 Å². The maximum atomic E-state index is 14.1. The highest BCUT2D eigenvalue weighted by atomic mass is 16.6. The molecule has 0 heterocycles. The summed E-state index contributed by atoms with van der Waals surface area (Å²) in [6, 6.07) is 38.4. The van der Waals surface area contributed by atoms with Gasteiger partial charge in [0, 0.05) is 31.8 Å². The van der Waals surface area contributed by atoms with E-state index in [1.54, 1.807) is 78.9 Å². The molecule has 1 aliphatic carbocycles. The summed E-state index contributed by atoms with van der Waals surface area (Å²) in [6.07, 6.45) is 0.903. The fourth-order valence-corrected chi connectivity index (χ4v) is 9.28. The number of unbranched alkanes of at least 4 members (excludes halogenated alkanes) is 1. The molecule has 6 N–H and O–H groups in total. The van der Waals surface area contributed by atoms with Gasteiger partial charge in [0.25, 0.3) is 0 Å². The SMILES string of the molecule is CCCC(NC(=O)CCC(NC(=O)COCCOCCNC(=O)C(CCCCNC(=O)OCC1c2ccccc2-c2ccccc21)NC=O)C(=O)NC(CCC(=O)OCc1ccccc1)C(=O)OCc1ccccc1)C(=O)OCc1ccccc1. The Kier molecular flexibility index (Phi) is 28.1. The average Bonchev–Trinajstić information content (AvgIpc) is 2.84. The highest BCUT2D eigenvalue weighted by molar-refractivity contribution is 5.92. The van der Waals surface area contributed by atoms with E-state index in [-0.39, 0.29) is 90.8 Å². The standard InChI is InChI=1S/C64H76N6O15/c1-2-18-55(62(77)83-40-46-21-8-4-9-22-46)69-57(72)32-30-54(61(76)70-56(63(78)84-41-47-23-10-5-11-24-47)31-33-59(74)82-39-45-19-6-3-7-20-45)68-58(73)43-81-38-37-80-36-35-65-60(75)53(67-44-71)29-16-17-34-66-64(79)85-42-52-50-27-14-12-25-48(50)49-26-13-15-28-51(49)52/h3-15,19-28,44,52-56H,2,16-18,29-43H2,1H3,(H,65,75)(H,66,79)(H,67,71)(H,68,73)(H,69,72)(H,70,76). The minimum absolute atomic E-state index is 0.00367. The van der Waals surface area contributed by atoms with Crippen molar-refractivity contribution in [3.8, 4) is 11.1 Å². The van der Waals surface area contributed by atoms with Gasteiger partial charge >= 0.3 is 24.0 Å². The quantitative estimate of drug-likeness (QED) is 0.0114. The van der Waals surface area contributed by atoms with Crippen molar-refractivity contribution in [1.29, 1.82) is 0 Å². The van der Waals surface area contributed by atoms with Gasteiger partial charge in [-0.15, -0.1) is 0 Å². The number of fused-ring (bicyclic) bond motifs is 3. The van der Waals surface area contributed by atoms with Crippen molar-refractivity contribution in [3.05, 3.63) is 167 Å². The lowest BCUT2D eigenvalue weighted by Gasteiger charge is -2.23. The third-order valence-electron chi connectivity index (χ3n) is 13.7. The van der Waals surface area contributed by atoms with Crippen molar-refractivity contribution in [2.45, 2.75) is 115 Å². The van der Waals surface area contributed by atoms with E-state index in [1.807, 2.05) is 55.5 Å². The maximum absolute atomic E-state index is 14.1. The predicted molar refractivity (Wildman–Crippen MR) is 312 cm³/mol. The van der Waals surface area contributed by atoms with Crippen LogP contribution in [0.3, 0.4) is 0 Å². The molecule has 0 bridgehead atoms. The predicted octanol–water partition coefficient (Wildman–Crippen LogP) is 6.00. The van der Waals surface area contributed by atoms with Crippen molar-refractivity contribution in [3.63, 3.8) is 0 Å². The number of benzene rings is 5. The zero-order chi connectivity index (χ0) is 60.4. The summed E-state index contributed by atoms with van der Waals surface area (Å²) in [6.45, 7) is 1.72. The Labute approximate surface area is 494 Å². The van der Waals surface area contributed by atoms with Crippen molar-refractivity contribution in [2.24, 2.45) is 0 Å². The summed E-state index contributed by atoms with van der Waals surface area (Å²) in [4.78, 5) is 117. The lowest BCUT2D eigenvalue weighted by atomic mass is 9.98. The van der Waals surface area contributed by atoms with E-state index in [2.05, 4.69) is 44.0 Å². The third kappa shape index (κ3) is 23.0. The van der Waals surface area contributed by atoms with Gasteiger partial charge in [-0.3, -0.25) is 28.8 Å². The molecule has 85 heavy (non-hydrogen) atoms. The van der Waals surface area contributed by atoms with Gasteiger partial charge in [0.15, 0.2) is 0 Å². The van der Waals surface area contributed by atoms with E-state index in [4.69, 9.17) is 28.4 Å². The Balaban J connectivity index is 0.938. The number of alkyl carbamates (subject to hydrolysis) is 1. The number of carbonyl (C=O) groups excluding carboxylic acids is 9. The molecule has 4 atom stereocenters. The van der Waals surface area contributed by atoms with Gasteiger partial charge in [-0.25, -0.2) is 14.4 Å². The van der Waals surface area contributed by atoms with Crippen LogP contribution in [0.15, 0.2) is 140 Å². The number of ether oxygens (including phenoxy) is 6. The molecule has 0 radical (unpaired) electrons. The number of carbonyl (C=O) groups is 9. The summed E-state index contributed by atoms with van der Waals surface area (Å²) in [7, 11) is 0. The summed E-state index contributed by atoms with van der Waals surface area (Å²) in [5, 5.41) is 15.9. The number of hydrogen-bond acceptors (Lipinski definition) is 15. The molecule has 21 nitrogen and oxygen atoms in total. The fourth-order valence-electron chi connectivity index (χ4n) is 9.28. The van der Waals surface area contributed by atoms with Crippen molar-refractivity contribution >= 4 is 54.0 Å². The zero-order valence-electron chi connectivity index (χ0n) is 47.8. The summed E-state index contributed by atoms with van der Waals surface area (Å²) < 4.78 is 33.1. The molecule has 0 aliphatic heterocycles. The van der Waals surface area contributed by atoms with Crippen LogP contribution in [0, 0.1) is 0 Å². The van der Waals surface area contributed by atoms with Crippen LogP contribution in [-0.2, 0) is 86.6 Å². The van der Waals surface area contributed by atoms with Crippen molar-refractivity contribution in [1.82, 2.24) is 31.9 Å². The minimum Gasteiger partial charge on any atom is -0.461 e. The third-order valence-corrected chi connectivity index (χ3v) is 13.7. The fraction of sp³-hybridized carbons (Fsp3) is 0.391. The molecule has 0 saturated carbocycles. The van der Waals surface area contributed by atoms with Gasteiger partial charge in [-0.1, -0.05) is 153 Å². The molecule has 0 fully saturated rings. The Morgan fingerprint density at radius 3 is 1.60 bits per heavy atom. The van der Waals surface area contributed by atoms with E-state index in [0.29, 0.717) is 44.2 Å². The molecule has 0 saturated heterocycles. The average molecular weight is 1170 g/mol. The topological polar surface area (TPSA) is 281 Å². The van der Waals surface area contributed by atoms with Crippen molar-refractivity contribution < 1.29 is 71.6 Å². The van der Waals surface area contributed by atoms with Crippen LogP contribution in [0.1, 0.15) is 98.4 Å². The normalized spacial score (nSPS) is 12.8. The van der Waals surface area contributed by atoms with Crippen LogP contribution in [0.2, 0.25) is 0 Å². The van der Waals surface area contributed by atoms with Gasteiger partial charge in [0.05, 0.1) is 19.8 Å². The lowest BCUT2D eigenvalue weighted by molar-refractivity contribution is -0.151. The van der Waals surface area contributed by atoms with Gasteiger partial charge < -0.3 is 60.3 Å². The molecule has 21 heteroatoms. The van der Waals surface area contributed by atoms with Crippen LogP contribution >= 0.6 is 0 Å². The molecule has 452 valence electrons. The van der Waals surface area contributed by atoms with Crippen LogP contribution < -0.4 is 31.9 Å². The first-order valence-electron chi connectivity index (χ1n) is 28.6. The van der Waals surface area contributed by atoms with Crippen LogP contribution in [0.4, 0.5) is 4.79 Å². The van der Waals surface area contributed by atoms with E-state index < -0.39 is 78.4 Å². The first-order chi connectivity index (χ1) is 41.4. The number of amides is 6. The number of esters is 3. The Bertz CT molecular complexity index is 2890. The monoisotopic (exact) mass is 1170 g/mol. The molecular formula is C64H76N6O15. The molecule has 6 rings (SSSR count). The number of rotatable bonds is 38. The Morgan fingerprint density at radius 2 is 1.01 bits per heavy atom. The summed E-state index contributed by atoms with van der Waals surface area (Å²) in [5.41, 5.74) is 6.66. The molecule has 0 spiro atoms. The maximum Gasteiger partial charge on any atom is 0.407 e. The zero-order valence-corrected chi connectivity index (χ0v) is 47.8. The smallest absolute Gasteiger partial charge is 0.407 e. The molecule has 0 aromatic heterocycles. The Hall–Kier alpha value is -8.95. The molecule has 1 aliphatic rings. The molecule has 5 aromatic carbocycles. The van der Waals surface area contributed by atoms with Crippen LogP contribution in [-0.4, -0.2) is 124 Å². The van der Waals surface area contributed by atoms with E-state index in [9.17, 15) is 43.2 Å². The molecule has 4 unspecified atom stereocenters. The van der Waals surface area contributed by atoms with Crippen LogP contribution in [0.25, 0.3) is 11.1 Å². The van der Waals surface area contributed by atoms with Crippen molar-refractivity contribution in [2.75, 3.05) is 46.1 Å². The highest BCUT2D eigenvalue weighted by Crippen LogP contribution is 2.44. The van der Waals surface area contributed by atoms with Gasteiger partial charge in [-0.05, 0) is 77.5 Å². The molecule has 5 aromatic rings. The highest BCUT2D eigenvalue weighted by Gasteiger charge is 2.31. The largest absolute Gasteiger partial charge is 0.461 e. The minimum atomic E-state index is -1.42. The van der Waals surface area contributed by atoms with Crippen LogP contribution in [0.5, 0.6) is 0 Å². The number of hydrogen-bond donors (Lipinski definition) is 6. The number of nitrogens with one attached hydrogen (secondary N) is 6. The summed E-state index contributed by atoms with van der Waals surface area (Å²) >= 11 is 0. The van der Waals surface area contributed by atoms with Gasteiger partial charge in [0.1, 0.15) is 57.2 Å². The second kappa shape index (κ2) is 36.6. The van der Waals surface area contributed by atoms with E-state index in [0.717, 1.165) is 33.4 Å². The summed E-state index contributed by atoms with van der Waals surface area (Å²) in [5.74, 6) is -4.87. The first kappa shape index (κ1) is 65.2.